The molecular weight excluding hydrogens is 566 g/mol. The normalized spacial score (nSPS) is 17.7. The van der Waals surface area contributed by atoms with E-state index in [9.17, 15) is 19.5 Å². The predicted octanol–water partition coefficient (Wildman–Crippen LogP) is 5.59. The number of amides is 3. The minimum Gasteiger partial charge on any atom is -0.489 e. The summed E-state index contributed by atoms with van der Waals surface area (Å²) in [6.07, 6.45) is 1.97. The zero-order valence-corrected chi connectivity index (χ0v) is 25.0. The Morgan fingerprint density at radius 2 is 1.51 bits per heavy atom. The van der Waals surface area contributed by atoms with Gasteiger partial charge >= 0.3 is 6.09 Å². The van der Waals surface area contributed by atoms with Gasteiger partial charge in [-0.25, -0.2) is 4.79 Å². The van der Waals surface area contributed by atoms with Gasteiger partial charge in [-0.2, -0.15) is 0 Å². The number of nitrogens with zero attached hydrogens (tertiary/aromatic N) is 1. The second-order valence-corrected chi connectivity index (χ2v) is 11.7. The molecule has 0 radical (unpaired) electrons. The van der Waals surface area contributed by atoms with Gasteiger partial charge in [0.2, 0.25) is 11.8 Å². The molecule has 0 aromatic heterocycles. The van der Waals surface area contributed by atoms with Crippen LogP contribution in [0, 0.1) is 0 Å². The lowest BCUT2D eigenvalue weighted by Crippen LogP contribution is -2.58. The van der Waals surface area contributed by atoms with E-state index in [2.05, 4.69) is 22.8 Å². The van der Waals surface area contributed by atoms with Gasteiger partial charge in [0.05, 0.1) is 6.04 Å². The number of aryl methyl sites for hydroxylation is 1. The molecule has 4 aromatic rings. The van der Waals surface area contributed by atoms with E-state index in [4.69, 9.17) is 4.74 Å². The summed E-state index contributed by atoms with van der Waals surface area (Å²) in [7, 11) is 0. The van der Waals surface area contributed by atoms with Crippen molar-refractivity contribution in [1.29, 1.82) is 0 Å². The maximum absolute atomic E-state index is 14.2. The second kappa shape index (κ2) is 13.7. The van der Waals surface area contributed by atoms with Crippen LogP contribution in [0.25, 0.3) is 0 Å². The minimum absolute atomic E-state index is 0.132. The van der Waals surface area contributed by atoms with Crippen molar-refractivity contribution >= 4 is 17.9 Å². The maximum Gasteiger partial charge on any atom is 0.405 e. The molecule has 230 valence electrons. The van der Waals surface area contributed by atoms with Gasteiger partial charge in [-0.3, -0.25) is 9.59 Å². The van der Waals surface area contributed by atoms with E-state index in [1.54, 1.807) is 4.90 Å². The Morgan fingerprint density at radius 3 is 2.27 bits per heavy atom. The van der Waals surface area contributed by atoms with E-state index in [1.807, 2.05) is 91.0 Å². The molecule has 0 bridgehead atoms. The Balaban J connectivity index is 1.20. The number of carbonyl (C=O) groups is 3. The fourth-order valence-electron chi connectivity index (χ4n) is 6.41. The van der Waals surface area contributed by atoms with E-state index in [-0.39, 0.29) is 24.9 Å². The topological polar surface area (TPSA) is 108 Å². The van der Waals surface area contributed by atoms with Crippen LogP contribution in [0.3, 0.4) is 0 Å². The van der Waals surface area contributed by atoms with Crippen LogP contribution in [0.5, 0.6) is 5.75 Å². The van der Waals surface area contributed by atoms with Crippen LogP contribution in [-0.4, -0.2) is 40.0 Å². The third-order valence-corrected chi connectivity index (χ3v) is 8.73. The molecular formula is C37H37N3O5. The van der Waals surface area contributed by atoms with Crippen LogP contribution in [-0.2, 0) is 42.0 Å². The summed E-state index contributed by atoms with van der Waals surface area (Å²) in [6.45, 7) is 0.645. The summed E-state index contributed by atoms with van der Waals surface area (Å²) < 4.78 is 5.89. The molecule has 0 saturated heterocycles. The van der Waals surface area contributed by atoms with Gasteiger partial charge < -0.3 is 25.4 Å². The SMILES string of the molecule is O=C(O)N[C@@H](Cc1ccc(OCc2ccccc2)cc1)C(=O)N1Cc2ccccc2C[C@H]1C(=O)N[C@@H]1CCCc2ccccc21. The van der Waals surface area contributed by atoms with E-state index in [0.717, 1.165) is 47.1 Å². The lowest BCUT2D eigenvalue weighted by Gasteiger charge is -2.39. The average Bonchev–Trinajstić information content (AvgIpc) is 3.07. The molecule has 0 saturated carbocycles. The first-order chi connectivity index (χ1) is 21.9. The molecule has 1 aliphatic heterocycles. The lowest BCUT2D eigenvalue weighted by atomic mass is 9.87. The van der Waals surface area contributed by atoms with Gasteiger partial charge in [-0.15, -0.1) is 0 Å². The smallest absolute Gasteiger partial charge is 0.405 e. The molecule has 0 spiro atoms. The van der Waals surface area contributed by atoms with Gasteiger partial charge in [0, 0.05) is 19.4 Å². The summed E-state index contributed by atoms with van der Waals surface area (Å²) in [4.78, 5) is 41.5. The molecule has 0 fully saturated rings. The summed E-state index contributed by atoms with van der Waals surface area (Å²) in [5.74, 6) is 0.0133. The Labute approximate surface area is 263 Å². The molecule has 1 heterocycles. The molecule has 8 nitrogen and oxygen atoms in total. The zero-order chi connectivity index (χ0) is 31.2. The summed E-state index contributed by atoms with van der Waals surface area (Å²) in [5.41, 5.74) is 6.14. The molecule has 1 aliphatic carbocycles. The quantitative estimate of drug-likeness (QED) is 0.231. The zero-order valence-electron chi connectivity index (χ0n) is 25.0. The van der Waals surface area contributed by atoms with Crippen molar-refractivity contribution in [3.8, 4) is 5.75 Å². The predicted molar refractivity (Wildman–Crippen MR) is 171 cm³/mol. The van der Waals surface area contributed by atoms with Crippen LogP contribution in [0.2, 0.25) is 0 Å². The van der Waals surface area contributed by atoms with Crippen molar-refractivity contribution in [2.45, 2.75) is 63.4 Å². The van der Waals surface area contributed by atoms with Gasteiger partial charge in [0.1, 0.15) is 24.4 Å². The van der Waals surface area contributed by atoms with Crippen molar-refractivity contribution in [2.75, 3.05) is 0 Å². The summed E-state index contributed by atoms with van der Waals surface area (Å²) >= 11 is 0. The van der Waals surface area contributed by atoms with Crippen LogP contribution < -0.4 is 15.4 Å². The van der Waals surface area contributed by atoms with E-state index in [1.165, 1.54) is 5.56 Å². The van der Waals surface area contributed by atoms with Crippen molar-refractivity contribution in [2.24, 2.45) is 0 Å². The first-order valence-electron chi connectivity index (χ1n) is 15.4. The Hall–Kier alpha value is -5.11. The fraction of sp³-hybridized carbons (Fsp3) is 0.270. The average molecular weight is 604 g/mol. The number of hydrogen-bond donors (Lipinski definition) is 3. The largest absolute Gasteiger partial charge is 0.489 e. The molecule has 8 heteroatoms. The number of nitrogens with one attached hydrogen (secondary N) is 2. The highest BCUT2D eigenvalue weighted by atomic mass is 16.5. The Bertz CT molecular complexity index is 1660. The lowest BCUT2D eigenvalue weighted by molar-refractivity contribution is -0.143. The Morgan fingerprint density at radius 1 is 0.822 bits per heavy atom. The van der Waals surface area contributed by atoms with Crippen molar-refractivity contribution in [3.05, 3.63) is 137 Å². The molecule has 4 aromatic carbocycles. The van der Waals surface area contributed by atoms with Gasteiger partial charge in [-0.1, -0.05) is 91.0 Å². The number of ether oxygens (including phenoxy) is 1. The molecule has 2 aliphatic rings. The van der Waals surface area contributed by atoms with E-state index >= 15 is 0 Å². The molecule has 45 heavy (non-hydrogen) atoms. The standard InChI is InChI=1S/C37H37N3O5/c41-35(38-32-16-8-14-27-11-6-7-15-31(27)32)34-22-28-12-4-5-13-29(28)23-40(34)36(42)33(39-37(43)44)21-25-17-19-30(20-18-25)45-24-26-9-2-1-3-10-26/h1-7,9-13,15,17-20,32-34,39H,8,14,16,21-24H2,(H,38,41)(H,43,44)/t32-,33+,34+/m1/s1. The maximum atomic E-state index is 14.2. The van der Waals surface area contributed by atoms with Gasteiger partial charge in [0.25, 0.3) is 0 Å². The Kier molecular flexibility index (Phi) is 9.10. The first-order valence-corrected chi connectivity index (χ1v) is 15.4. The molecule has 3 atom stereocenters. The fourth-order valence-corrected chi connectivity index (χ4v) is 6.41. The van der Waals surface area contributed by atoms with Crippen molar-refractivity contribution in [1.82, 2.24) is 15.5 Å². The first kappa shape index (κ1) is 29.9. The van der Waals surface area contributed by atoms with Crippen LogP contribution >= 0.6 is 0 Å². The molecule has 6 rings (SSSR count). The highest BCUT2D eigenvalue weighted by Crippen LogP contribution is 2.31. The van der Waals surface area contributed by atoms with Crippen LogP contribution in [0.4, 0.5) is 4.79 Å². The number of fused-ring (bicyclic) bond motifs is 2. The summed E-state index contributed by atoms with van der Waals surface area (Å²) in [6, 6.07) is 31.1. The highest BCUT2D eigenvalue weighted by molar-refractivity contribution is 5.92. The third-order valence-electron chi connectivity index (χ3n) is 8.73. The molecule has 0 unspecified atom stereocenters. The minimum atomic E-state index is -1.30. The third kappa shape index (κ3) is 7.17. The van der Waals surface area contributed by atoms with Gasteiger partial charge in [-0.05, 0) is 64.8 Å². The number of carboxylic acid groups (broad SMARTS) is 1. The van der Waals surface area contributed by atoms with E-state index < -0.39 is 24.1 Å². The molecule has 3 amide bonds. The number of benzene rings is 4. The number of rotatable bonds is 9. The second-order valence-electron chi connectivity index (χ2n) is 11.7. The molecule has 3 N–H and O–H groups in total. The number of hydrogen-bond acceptors (Lipinski definition) is 4. The van der Waals surface area contributed by atoms with Crippen LogP contribution in [0.1, 0.15) is 52.3 Å². The van der Waals surface area contributed by atoms with Crippen molar-refractivity contribution in [3.63, 3.8) is 0 Å². The summed E-state index contributed by atoms with van der Waals surface area (Å²) in [5, 5.41) is 15.4. The monoisotopic (exact) mass is 603 g/mol. The van der Waals surface area contributed by atoms with Crippen molar-refractivity contribution < 1.29 is 24.2 Å². The van der Waals surface area contributed by atoms with Gasteiger partial charge in [0.15, 0.2) is 0 Å². The number of carbonyl (C=O) groups excluding carboxylic acids is 2. The van der Waals surface area contributed by atoms with Crippen LogP contribution in [0.15, 0.2) is 103 Å². The highest BCUT2D eigenvalue weighted by Gasteiger charge is 2.39. The van der Waals surface area contributed by atoms with E-state index in [0.29, 0.717) is 18.8 Å².